The Kier molecular flexibility index (Phi) is 1.73. The van der Waals surface area contributed by atoms with Crippen LogP contribution in [-0.4, -0.2) is 5.91 Å². The second-order valence-electron chi connectivity index (χ2n) is 3.66. The van der Waals surface area contributed by atoms with Crippen LogP contribution in [0.2, 0.25) is 5.02 Å². The van der Waals surface area contributed by atoms with Gasteiger partial charge in [-0.05, 0) is 11.5 Å². The van der Waals surface area contributed by atoms with E-state index < -0.39 is 0 Å². The third-order valence-corrected chi connectivity index (χ3v) is 3.13. The molecule has 1 aliphatic heterocycles. The van der Waals surface area contributed by atoms with Gasteiger partial charge in [0.1, 0.15) is 0 Å². The quantitative estimate of drug-likeness (QED) is 0.722. The third-order valence-electron chi connectivity index (χ3n) is 2.70. The second kappa shape index (κ2) is 2.97. The Hall–Kier alpha value is -1.54. The average Bonchev–Trinajstić information content (AvgIpc) is 2.59. The van der Waals surface area contributed by atoms with Crippen molar-refractivity contribution >= 4 is 34.0 Å². The number of nitrogens with one attached hydrogen (secondary N) is 1. The monoisotopic (exact) mass is 217 g/mol. The normalized spacial score (nSPS) is 14.1. The maximum absolute atomic E-state index is 11.3. The third kappa shape index (κ3) is 1.22. The molecular formula is C12H8ClNO. The standard InChI is InChI=1S/C12H8ClNO/c13-12-8-4-2-1-3-7(8)5-10-9(12)6-11(15)14-10/h1-5H,6H2,(H,14,15). The minimum absolute atomic E-state index is 0.0159. The van der Waals surface area contributed by atoms with E-state index >= 15 is 0 Å². The fraction of sp³-hybridized carbons (Fsp3) is 0.0833. The number of anilines is 1. The minimum Gasteiger partial charge on any atom is -0.325 e. The zero-order valence-corrected chi connectivity index (χ0v) is 8.64. The molecule has 0 aromatic heterocycles. The Balaban J connectivity index is 2.40. The van der Waals surface area contributed by atoms with Crippen molar-refractivity contribution in [1.82, 2.24) is 0 Å². The molecule has 15 heavy (non-hydrogen) atoms. The molecule has 3 heteroatoms. The summed E-state index contributed by atoms with van der Waals surface area (Å²) in [6, 6.07) is 9.85. The van der Waals surface area contributed by atoms with E-state index in [4.69, 9.17) is 11.6 Å². The summed E-state index contributed by atoms with van der Waals surface area (Å²) in [4.78, 5) is 11.3. The van der Waals surface area contributed by atoms with Gasteiger partial charge in [-0.25, -0.2) is 0 Å². The molecule has 2 aromatic rings. The molecule has 0 spiro atoms. The summed E-state index contributed by atoms with van der Waals surface area (Å²) in [5.74, 6) is 0.0159. The molecule has 0 unspecified atom stereocenters. The molecule has 0 saturated carbocycles. The molecule has 74 valence electrons. The van der Waals surface area contributed by atoms with Crippen molar-refractivity contribution in [3.8, 4) is 0 Å². The van der Waals surface area contributed by atoms with E-state index in [0.29, 0.717) is 11.4 Å². The largest absolute Gasteiger partial charge is 0.325 e. The van der Waals surface area contributed by atoms with Gasteiger partial charge in [0.15, 0.2) is 0 Å². The number of hydrogen-bond acceptors (Lipinski definition) is 1. The fourth-order valence-electron chi connectivity index (χ4n) is 1.99. The topological polar surface area (TPSA) is 29.1 Å². The first-order chi connectivity index (χ1) is 7.25. The lowest BCUT2D eigenvalue weighted by Gasteiger charge is -2.05. The summed E-state index contributed by atoms with van der Waals surface area (Å²) in [5, 5.41) is 5.57. The Morgan fingerprint density at radius 3 is 2.93 bits per heavy atom. The highest BCUT2D eigenvalue weighted by Gasteiger charge is 2.21. The number of hydrogen-bond donors (Lipinski definition) is 1. The number of carbonyl (C=O) groups excluding carboxylic acids is 1. The van der Waals surface area contributed by atoms with Crippen LogP contribution in [0.4, 0.5) is 5.69 Å². The second-order valence-corrected chi connectivity index (χ2v) is 4.04. The zero-order valence-electron chi connectivity index (χ0n) is 7.88. The van der Waals surface area contributed by atoms with Crippen LogP contribution in [0.1, 0.15) is 5.56 Å². The molecule has 0 fully saturated rings. The Bertz CT molecular complexity index is 577. The summed E-state index contributed by atoms with van der Waals surface area (Å²) in [7, 11) is 0. The Morgan fingerprint density at radius 2 is 2.07 bits per heavy atom. The highest BCUT2D eigenvalue weighted by atomic mass is 35.5. The van der Waals surface area contributed by atoms with Crippen molar-refractivity contribution in [1.29, 1.82) is 0 Å². The highest BCUT2D eigenvalue weighted by molar-refractivity contribution is 6.37. The van der Waals surface area contributed by atoms with Crippen LogP contribution in [0, 0.1) is 0 Å². The lowest BCUT2D eigenvalue weighted by atomic mass is 10.0. The number of benzene rings is 2. The molecule has 3 rings (SSSR count). The molecule has 1 heterocycles. The SMILES string of the molecule is O=C1Cc2c(cc3ccccc3c2Cl)N1. The first-order valence-electron chi connectivity index (χ1n) is 4.75. The molecule has 1 N–H and O–H groups in total. The van der Waals surface area contributed by atoms with Crippen molar-refractivity contribution in [2.24, 2.45) is 0 Å². The summed E-state index contributed by atoms with van der Waals surface area (Å²) < 4.78 is 0. The van der Waals surface area contributed by atoms with Crippen molar-refractivity contribution in [2.75, 3.05) is 5.32 Å². The molecule has 0 bridgehead atoms. The van der Waals surface area contributed by atoms with E-state index in [-0.39, 0.29) is 5.91 Å². The van der Waals surface area contributed by atoms with Gasteiger partial charge in [-0.3, -0.25) is 4.79 Å². The van der Waals surface area contributed by atoms with Crippen LogP contribution in [0.25, 0.3) is 10.8 Å². The zero-order chi connectivity index (χ0) is 10.4. The van der Waals surface area contributed by atoms with E-state index in [1.165, 1.54) is 0 Å². The molecule has 0 radical (unpaired) electrons. The van der Waals surface area contributed by atoms with Gasteiger partial charge < -0.3 is 5.32 Å². The number of rotatable bonds is 0. The summed E-state index contributed by atoms with van der Waals surface area (Å²) >= 11 is 6.26. The van der Waals surface area contributed by atoms with Crippen molar-refractivity contribution < 1.29 is 4.79 Å². The van der Waals surface area contributed by atoms with Crippen LogP contribution in [0.15, 0.2) is 30.3 Å². The Morgan fingerprint density at radius 1 is 1.27 bits per heavy atom. The summed E-state index contributed by atoms with van der Waals surface area (Å²) in [5.41, 5.74) is 1.77. The van der Waals surface area contributed by atoms with Crippen LogP contribution in [0.3, 0.4) is 0 Å². The van der Waals surface area contributed by atoms with Gasteiger partial charge in [0, 0.05) is 16.6 Å². The molecule has 0 aliphatic carbocycles. The number of fused-ring (bicyclic) bond motifs is 2. The average molecular weight is 218 g/mol. The van der Waals surface area contributed by atoms with Gasteiger partial charge in [0.25, 0.3) is 0 Å². The van der Waals surface area contributed by atoms with Crippen LogP contribution < -0.4 is 5.32 Å². The van der Waals surface area contributed by atoms with Gasteiger partial charge in [-0.15, -0.1) is 0 Å². The van der Waals surface area contributed by atoms with Crippen LogP contribution >= 0.6 is 11.6 Å². The van der Waals surface area contributed by atoms with Gasteiger partial charge >= 0.3 is 0 Å². The number of carbonyl (C=O) groups is 1. The molecule has 1 amide bonds. The lowest BCUT2D eigenvalue weighted by molar-refractivity contribution is -0.115. The maximum Gasteiger partial charge on any atom is 0.228 e. The molecule has 2 aromatic carbocycles. The maximum atomic E-state index is 11.3. The molecule has 0 saturated heterocycles. The van der Waals surface area contributed by atoms with Gasteiger partial charge in [-0.1, -0.05) is 35.9 Å². The molecule has 2 nitrogen and oxygen atoms in total. The highest BCUT2D eigenvalue weighted by Crippen LogP contribution is 2.36. The first-order valence-corrected chi connectivity index (χ1v) is 5.13. The van der Waals surface area contributed by atoms with E-state index in [2.05, 4.69) is 5.32 Å². The van der Waals surface area contributed by atoms with E-state index in [9.17, 15) is 4.79 Å². The minimum atomic E-state index is 0.0159. The van der Waals surface area contributed by atoms with Gasteiger partial charge in [-0.2, -0.15) is 0 Å². The predicted octanol–water partition coefficient (Wildman–Crippen LogP) is 2.99. The van der Waals surface area contributed by atoms with Crippen molar-refractivity contribution in [3.63, 3.8) is 0 Å². The molecule has 1 aliphatic rings. The fourth-order valence-corrected chi connectivity index (χ4v) is 2.33. The van der Waals surface area contributed by atoms with Crippen molar-refractivity contribution in [2.45, 2.75) is 6.42 Å². The summed E-state index contributed by atoms with van der Waals surface area (Å²) in [6.07, 6.45) is 0.388. The van der Waals surface area contributed by atoms with Gasteiger partial charge in [0.05, 0.1) is 11.4 Å². The van der Waals surface area contributed by atoms with Crippen LogP contribution in [0.5, 0.6) is 0 Å². The Labute approximate surface area is 91.9 Å². The first kappa shape index (κ1) is 8.74. The van der Waals surface area contributed by atoms with Gasteiger partial charge in [0.2, 0.25) is 5.91 Å². The lowest BCUT2D eigenvalue weighted by Crippen LogP contribution is -2.03. The van der Waals surface area contributed by atoms with Crippen LogP contribution in [-0.2, 0) is 11.2 Å². The smallest absolute Gasteiger partial charge is 0.228 e. The number of halogens is 1. The summed E-state index contributed by atoms with van der Waals surface area (Å²) in [6.45, 7) is 0. The predicted molar refractivity (Wildman–Crippen MR) is 61.3 cm³/mol. The molecule has 0 atom stereocenters. The van der Waals surface area contributed by atoms with E-state index in [1.807, 2.05) is 30.3 Å². The van der Waals surface area contributed by atoms with E-state index in [1.54, 1.807) is 0 Å². The van der Waals surface area contributed by atoms with Crippen molar-refractivity contribution in [3.05, 3.63) is 40.9 Å². The van der Waals surface area contributed by atoms with E-state index in [0.717, 1.165) is 22.0 Å². The molecular weight excluding hydrogens is 210 g/mol. The number of amides is 1.